The van der Waals surface area contributed by atoms with Crippen LogP contribution in [0.3, 0.4) is 0 Å². The van der Waals surface area contributed by atoms with E-state index in [9.17, 15) is 4.39 Å². The van der Waals surface area contributed by atoms with E-state index in [-0.39, 0.29) is 5.82 Å². The van der Waals surface area contributed by atoms with Gasteiger partial charge in [0.25, 0.3) is 0 Å². The molecule has 0 saturated carbocycles. The van der Waals surface area contributed by atoms with Crippen molar-refractivity contribution in [2.24, 2.45) is 5.92 Å². The fourth-order valence-corrected chi connectivity index (χ4v) is 3.12. The van der Waals surface area contributed by atoms with Gasteiger partial charge in [-0.15, -0.1) is 11.8 Å². The first-order valence-corrected chi connectivity index (χ1v) is 8.26. The molecule has 0 fully saturated rings. The minimum atomic E-state index is -0.177. The van der Waals surface area contributed by atoms with Gasteiger partial charge >= 0.3 is 0 Å². The van der Waals surface area contributed by atoms with Crippen molar-refractivity contribution in [1.29, 1.82) is 0 Å². The maximum absolute atomic E-state index is 12.9. The molecule has 0 saturated heterocycles. The Morgan fingerprint density at radius 2 is 2.00 bits per heavy atom. The maximum atomic E-state index is 12.9. The van der Waals surface area contributed by atoms with Crippen LogP contribution in [0.4, 0.5) is 4.39 Å². The number of rotatable bonds is 10. The molecule has 0 spiro atoms. The number of hydrogen-bond acceptors (Lipinski definition) is 3. The number of halogens is 1. The Balaban J connectivity index is 2.48. The molecule has 1 aromatic carbocycles. The van der Waals surface area contributed by atoms with Gasteiger partial charge in [0.1, 0.15) is 5.82 Å². The summed E-state index contributed by atoms with van der Waals surface area (Å²) in [5.41, 5.74) is 0. The van der Waals surface area contributed by atoms with Crippen LogP contribution in [0.15, 0.2) is 29.2 Å². The molecule has 0 aliphatic carbocycles. The van der Waals surface area contributed by atoms with E-state index in [0.29, 0.717) is 12.0 Å². The molecule has 0 bridgehead atoms. The lowest BCUT2D eigenvalue weighted by atomic mass is 10.00. The smallest absolute Gasteiger partial charge is 0.123 e. The standard InChI is InChI=1S/C16H26FNOS/c1-4-10-18-16(13(2)9-11-19-3)12-20-15-7-5-14(17)6-8-15/h5-8,13,16,18H,4,9-12H2,1-3H3. The lowest BCUT2D eigenvalue weighted by Crippen LogP contribution is -2.38. The van der Waals surface area contributed by atoms with Gasteiger partial charge in [-0.25, -0.2) is 4.39 Å². The molecule has 1 N–H and O–H groups in total. The summed E-state index contributed by atoms with van der Waals surface area (Å²) in [6.45, 7) is 6.27. The molecule has 114 valence electrons. The van der Waals surface area contributed by atoms with Crippen molar-refractivity contribution < 1.29 is 9.13 Å². The quantitative estimate of drug-likeness (QED) is 0.661. The number of thioether (sulfide) groups is 1. The summed E-state index contributed by atoms with van der Waals surface area (Å²) in [5, 5.41) is 3.61. The van der Waals surface area contributed by atoms with Gasteiger partial charge in [-0.3, -0.25) is 0 Å². The van der Waals surface area contributed by atoms with Gasteiger partial charge in [0.2, 0.25) is 0 Å². The Kier molecular flexibility index (Phi) is 8.90. The van der Waals surface area contributed by atoms with Crippen molar-refractivity contribution in [3.63, 3.8) is 0 Å². The topological polar surface area (TPSA) is 21.3 Å². The summed E-state index contributed by atoms with van der Waals surface area (Å²) < 4.78 is 18.1. The first-order valence-electron chi connectivity index (χ1n) is 7.28. The van der Waals surface area contributed by atoms with Gasteiger partial charge in [-0.05, 0) is 49.6 Å². The summed E-state index contributed by atoms with van der Waals surface area (Å²) >= 11 is 1.78. The number of ether oxygens (including phenoxy) is 1. The minimum Gasteiger partial charge on any atom is -0.385 e. The molecule has 1 aromatic rings. The third-order valence-electron chi connectivity index (χ3n) is 3.36. The third kappa shape index (κ3) is 6.73. The first kappa shape index (κ1) is 17.5. The normalized spacial score (nSPS) is 14.2. The van der Waals surface area contributed by atoms with Crippen molar-refractivity contribution in [2.45, 2.75) is 37.6 Å². The molecule has 1 rings (SSSR count). The number of nitrogens with one attached hydrogen (secondary N) is 1. The maximum Gasteiger partial charge on any atom is 0.123 e. The van der Waals surface area contributed by atoms with Crippen LogP contribution >= 0.6 is 11.8 Å². The fraction of sp³-hybridized carbons (Fsp3) is 0.625. The summed E-state index contributed by atoms with van der Waals surface area (Å²) in [7, 11) is 1.74. The van der Waals surface area contributed by atoms with E-state index in [0.717, 1.165) is 36.6 Å². The molecule has 0 aliphatic rings. The van der Waals surface area contributed by atoms with E-state index < -0.39 is 0 Å². The van der Waals surface area contributed by atoms with Gasteiger partial charge in [-0.1, -0.05) is 13.8 Å². The SMILES string of the molecule is CCCNC(CSc1ccc(F)cc1)C(C)CCOC. The number of benzene rings is 1. The van der Waals surface area contributed by atoms with E-state index in [1.54, 1.807) is 18.9 Å². The van der Waals surface area contributed by atoms with E-state index in [1.807, 2.05) is 12.1 Å². The molecule has 0 aliphatic heterocycles. The van der Waals surface area contributed by atoms with Crippen LogP contribution in [0.25, 0.3) is 0 Å². The first-order chi connectivity index (χ1) is 9.67. The molecule has 2 unspecified atom stereocenters. The van der Waals surface area contributed by atoms with Crippen molar-refractivity contribution in [3.8, 4) is 0 Å². The average molecular weight is 299 g/mol. The van der Waals surface area contributed by atoms with Crippen molar-refractivity contribution >= 4 is 11.8 Å². The highest BCUT2D eigenvalue weighted by atomic mass is 32.2. The molecular formula is C16H26FNOS. The zero-order chi connectivity index (χ0) is 14.8. The third-order valence-corrected chi connectivity index (χ3v) is 4.50. The second-order valence-electron chi connectivity index (χ2n) is 5.08. The highest BCUT2D eigenvalue weighted by Gasteiger charge is 2.16. The minimum absolute atomic E-state index is 0.177. The van der Waals surface area contributed by atoms with Crippen molar-refractivity contribution in [2.75, 3.05) is 26.0 Å². The number of methoxy groups -OCH3 is 1. The summed E-state index contributed by atoms with van der Waals surface area (Å²) in [4.78, 5) is 1.12. The van der Waals surface area contributed by atoms with E-state index in [2.05, 4.69) is 19.2 Å². The van der Waals surface area contributed by atoms with E-state index in [4.69, 9.17) is 4.74 Å². The van der Waals surface area contributed by atoms with Crippen LogP contribution in [-0.2, 0) is 4.74 Å². The van der Waals surface area contributed by atoms with Crippen LogP contribution < -0.4 is 5.32 Å². The van der Waals surface area contributed by atoms with Crippen LogP contribution in [0.2, 0.25) is 0 Å². The molecule has 0 heterocycles. The Morgan fingerprint density at radius 1 is 1.30 bits per heavy atom. The molecule has 0 amide bonds. The highest BCUT2D eigenvalue weighted by molar-refractivity contribution is 7.99. The van der Waals surface area contributed by atoms with Crippen LogP contribution in [-0.4, -0.2) is 32.1 Å². The second-order valence-corrected chi connectivity index (χ2v) is 6.18. The van der Waals surface area contributed by atoms with Gasteiger partial charge in [0.05, 0.1) is 0 Å². The van der Waals surface area contributed by atoms with Crippen molar-refractivity contribution in [1.82, 2.24) is 5.32 Å². The van der Waals surface area contributed by atoms with Crippen LogP contribution in [0.5, 0.6) is 0 Å². The molecule has 0 aromatic heterocycles. The Labute approximate surface area is 126 Å². The Hall–Kier alpha value is -0.580. The van der Waals surface area contributed by atoms with Crippen molar-refractivity contribution in [3.05, 3.63) is 30.1 Å². The van der Waals surface area contributed by atoms with Gasteiger partial charge in [0, 0.05) is 30.4 Å². The second kappa shape index (κ2) is 10.2. The largest absolute Gasteiger partial charge is 0.385 e. The molecule has 2 atom stereocenters. The van der Waals surface area contributed by atoms with Gasteiger partial charge < -0.3 is 10.1 Å². The highest BCUT2D eigenvalue weighted by Crippen LogP contribution is 2.22. The van der Waals surface area contributed by atoms with Crippen LogP contribution in [0, 0.1) is 11.7 Å². The summed E-state index contributed by atoms with van der Waals surface area (Å²) in [6, 6.07) is 7.18. The lowest BCUT2D eigenvalue weighted by molar-refractivity contribution is 0.172. The fourth-order valence-electron chi connectivity index (χ4n) is 1.98. The van der Waals surface area contributed by atoms with Gasteiger partial charge in [0.15, 0.2) is 0 Å². The van der Waals surface area contributed by atoms with Crippen LogP contribution in [0.1, 0.15) is 26.7 Å². The summed E-state index contributed by atoms with van der Waals surface area (Å²) in [5.74, 6) is 1.38. The molecule has 2 nitrogen and oxygen atoms in total. The zero-order valence-electron chi connectivity index (χ0n) is 12.7. The molecular weight excluding hydrogens is 273 g/mol. The number of hydrogen-bond donors (Lipinski definition) is 1. The van der Waals surface area contributed by atoms with E-state index >= 15 is 0 Å². The zero-order valence-corrected chi connectivity index (χ0v) is 13.5. The predicted molar refractivity (Wildman–Crippen MR) is 84.9 cm³/mol. The van der Waals surface area contributed by atoms with Gasteiger partial charge in [-0.2, -0.15) is 0 Å². The predicted octanol–water partition coefficient (Wildman–Crippen LogP) is 3.96. The Morgan fingerprint density at radius 3 is 2.60 bits per heavy atom. The molecule has 20 heavy (non-hydrogen) atoms. The lowest BCUT2D eigenvalue weighted by Gasteiger charge is -2.25. The average Bonchev–Trinajstić information content (AvgIpc) is 2.46. The molecule has 4 heteroatoms. The monoisotopic (exact) mass is 299 g/mol. The van der Waals surface area contributed by atoms with E-state index in [1.165, 1.54) is 12.1 Å². The summed E-state index contributed by atoms with van der Waals surface area (Å²) in [6.07, 6.45) is 2.19. The molecule has 0 radical (unpaired) electrons. The Bertz CT molecular complexity index is 358.